The summed E-state index contributed by atoms with van der Waals surface area (Å²) in [4.78, 5) is 19.9. The zero-order chi connectivity index (χ0) is 14.8. The third-order valence-electron chi connectivity index (χ3n) is 2.87. The second kappa shape index (κ2) is 5.46. The standard InChI is InChI=1S/C15H9ClFN3O/c16-10-7-9-3-2-6-18-14(9)12(8-10)20-15(21)11-4-1-5-13(17)19-11/h1-8H,(H,20,21). The maximum atomic E-state index is 13.1. The molecule has 3 aromatic rings. The lowest BCUT2D eigenvalue weighted by Crippen LogP contribution is -2.14. The average Bonchev–Trinajstić information content (AvgIpc) is 2.47. The molecule has 4 nitrogen and oxygen atoms in total. The van der Waals surface area contributed by atoms with Gasteiger partial charge in [0.05, 0.1) is 11.2 Å². The molecule has 0 unspecified atom stereocenters. The number of anilines is 1. The molecule has 0 saturated carbocycles. The quantitative estimate of drug-likeness (QED) is 0.735. The first-order valence-corrected chi connectivity index (χ1v) is 6.49. The highest BCUT2D eigenvalue weighted by Gasteiger charge is 2.12. The first-order chi connectivity index (χ1) is 10.1. The summed E-state index contributed by atoms with van der Waals surface area (Å²) < 4.78 is 13.1. The van der Waals surface area contributed by atoms with Crippen LogP contribution < -0.4 is 5.32 Å². The van der Waals surface area contributed by atoms with E-state index in [9.17, 15) is 9.18 Å². The van der Waals surface area contributed by atoms with Crippen molar-refractivity contribution in [3.05, 3.63) is 65.3 Å². The Morgan fingerprint density at radius 1 is 1.19 bits per heavy atom. The number of halogens is 2. The molecule has 0 radical (unpaired) electrons. The van der Waals surface area contributed by atoms with Gasteiger partial charge in [-0.25, -0.2) is 4.98 Å². The lowest BCUT2D eigenvalue weighted by atomic mass is 10.2. The summed E-state index contributed by atoms with van der Waals surface area (Å²) in [7, 11) is 0. The van der Waals surface area contributed by atoms with E-state index in [1.807, 2.05) is 6.07 Å². The smallest absolute Gasteiger partial charge is 0.274 e. The van der Waals surface area contributed by atoms with Crippen molar-refractivity contribution in [1.82, 2.24) is 9.97 Å². The highest BCUT2D eigenvalue weighted by molar-refractivity contribution is 6.32. The number of fused-ring (bicyclic) bond motifs is 1. The molecule has 0 aliphatic rings. The Balaban J connectivity index is 2.00. The van der Waals surface area contributed by atoms with Crippen LogP contribution in [-0.2, 0) is 0 Å². The average molecular weight is 302 g/mol. The summed E-state index contributed by atoms with van der Waals surface area (Å²) >= 11 is 6.02. The van der Waals surface area contributed by atoms with Gasteiger partial charge in [-0.3, -0.25) is 9.78 Å². The minimum atomic E-state index is -0.711. The van der Waals surface area contributed by atoms with E-state index in [2.05, 4.69) is 15.3 Å². The number of carbonyl (C=O) groups is 1. The number of hydrogen-bond acceptors (Lipinski definition) is 3. The zero-order valence-corrected chi connectivity index (χ0v) is 11.4. The van der Waals surface area contributed by atoms with Crippen LogP contribution in [0.3, 0.4) is 0 Å². The predicted molar refractivity (Wildman–Crippen MR) is 78.9 cm³/mol. The number of rotatable bonds is 2. The van der Waals surface area contributed by atoms with Gasteiger partial charge in [0.15, 0.2) is 0 Å². The van der Waals surface area contributed by atoms with Gasteiger partial charge in [-0.1, -0.05) is 23.7 Å². The Labute approximate surface area is 124 Å². The zero-order valence-electron chi connectivity index (χ0n) is 10.7. The minimum absolute atomic E-state index is 0.0148. The number of pyridine rings is 2. The Morgan fingerprint density at radius 2 is 2.05 bits per heavy atom. The summed E-state index contributed by atoms with van der Waals surface area (Å²) in [5.41, 5.74) is 1.04. The molecular formula is C15H9ClFN3O. The van der Waals surface area contributed by atoms with Crippen molar-refractivity contribution >= 4 is 34.1 Å². The van der Waals surface area contributed by atoms with Crippen molar-refractivity contribution in [2.45, 2.75) is 0 Å². The topological polar surface area (TPSA) is 54.9 Å². The van der Waals surface area contributed by atoms with Gasteiger partial charge in [0.2, 0.25) is 5.95 Å². The van der Waals surface area contributed by atoms with Crippen molar-refractivity contribution in [3.8, 4) is 0 Å². The van der Waals surface area contributed by atoms with Crippen LogP contribution in [0, 0.1) is 5.95 Å². The first-order valence-electron chi connectivity index (χ1n) is 6.12. The van der Waals surface area contributed by atoms with Gasteiger partial charge in [-0.2, -0.15) is 4.39 Å². The molecule has 0 aliphatic carbocycles. The Bertz CT molecular complexity index is 838. The van der Waals surface area contributed by atoms with Crippen molar-refractivity contribution < 1.29 is 9.18 Å². The molecule has 1 aromatic carbocycles. The lowest BCUT2D eigenvalue weighted by molar-refractivity contribution is 0.102. The molecule has 104 valence electrons. The SMILES string of the molecule is O=C(Nc1cc(Cl)cc2cccnc12)c1cccc(F)n1. The highest BCUT2D eigenvalue weighted by Crippen LogP contribution is 2.26. The number of amides is 1. The van der Waals surface area contributed by atoms with E-state index >= 15 is 0 Å². The Morgan fingerprint density at radius 3 is 2.86 bits per heavy atom. The molecule has 2 heterocycles. The fourth-order valence-corrected chi connectivity index (χ4v) is 2.20. The predicted octanol–water partition coefficient (Wildman–Crippen LogP) is 3.67. The molecular weight excluding hydrogens is 293 g/mol. The molecule has 0 spiro atoms. The largest absolute Gasteiger partial charge is 0.319 e. The van der Waals surface area contributed by atoms with Gasteiger partial charge < -0.3 is 5.32 Å². The molecule has 1 amide bonds. The molecule has 1 N–H and O–H groups in total. The van der Waals surface area contributed by atoms with Crippen LogP contribution in [0.4, 0.5) is 10.1 Å². The van der Waals surface area contributed by atoms with E-state index in [1.54, 1.807) is 24.4 Å². The van der Waals surface area contributed by atoms with E-state index in [1.165, 1.54) is 18.2 Å². The molecule has 0 fully saturated rings. The van der Waals surface area contributed by atoms with Crippen LogP contribution in [0.5, 0.6) is 0 Å². The van der Waals surface area contributed by atoms with Crippen molar-refractivity contribution in [1.29, 1.82) is 0 Å². The van der Waals surface area contributed by atoms with Gasteiger partial charge in [-0.05, 0) is 30.3 Å². The minimum Gasteiger partial charge on any atom is -0.319 e. The summed E-state index contributed by atoms with van der Waals surface area (Å²) in [5, 5.41) is 3.92. The van der Waals surface area contributed by atoms with E-state index < -0.39 is 11.9 Å². The Hall–Kier alpha value is -2.53. The Kier molecular flexibility index (Phi) is 3.50. The van der Waals surface area contributed by atoms with Gasteiger partial charge in [0.1, 0.15) is 5.69 Å². The number of aromatic nitrogens is 2. The second-order valence-corrected chi connectivity index (χ2v) is 4.76. The third kappa shape index (κ3) is 2.83. The fourth-order valence-electron chi connectivity index (χ4n) is 1.97. The van der Waals surface area contributed by atoms with Gasteiger partial charge in [-0.15, -0.1) is 0 Å². The van der Waals surface area contributed by atoms with E-state index in [4.69, 9.17) is 11.6 Å². The number of carbonyl (C=O) groups excluding carboxylic acids is 1. The highest BCUT2D eigenvalue weighted by atomic mass is 35.5. The number of benzene rings is 1. The number of nitrogens with one attached hydrogen (secondary N) is 1. The molecule has 0 bridgehead atoms. The summed E-state index contributed by atoms with van der Waals surface area (Å²) in [6, 6.07) is 11.0. The van der Waals surface area contributed by atoms with Gasteiger partial charge >= 0.3 is 0 Å². The molecule has 3 rings (SSSR count). The number of hydrogen-bond donors (Lipinski definition) is 1. The van der Waals surface area contributed by atoms with E-state index in [-0.39, 0.29) is 5.69 Å². The summed E-state index contributed by atoms with van der Waals surface area (Å²) in [5.74, 6) is -1.24. The van der Waals surface area contributed by atoms with Crippen molar-refractivity contribution in [3.63, 3.8) is 0 Å². The molecule has 2 aromatic heterocycles. The van der Waals surface area contributed by atoms with Gasteiger partial charge in [0.25, 0.3) is 5.91 Å². The number of nitrogens with zero attached hydrogens (tertiary/aromatic N) is 2. The first kappa shape index (κ1) is 13.5. The molecule has 0 aliphatic heterocycles. The van der Waals surface area contributed by atoms with Crippen LogP contribution in [0.25, 0.3) is 10.9 Å². The molecule has 21 heavy (non-hydrogen) atoms. The van der Waals surface area contributed by atoms with Crippen LogP contribution in [0.1, 0.15) is 10.5 Å². The maximum Gasteiger partial charge on any atom is 0.274 e. The van der Waals surface area contributed by atoms with Crippen LogP contribution in [-0.4, -0.2) is 15.9 Å². The summed E-state index contributed by atoms with van der Waals surface area (Å²) in [6.45, 7) is 0. The monoisotopic (exact) mass is 301 g/mol. The molecule has 0 saturated heterocycles. The fraction of sp³-hybridized carbons (Fsp3) is 0. The van der Waals surface area contributed by atoms with E-state index in [0.717, 1.165) is 5.39 Å². The van der Waals surface area contributed by atoms with Crippen LogP contribution in [0.2, 0.25) is 5.02 Å². The summed E-state index contributed by atoms with van der Waals surface area (Å²) in [6.07, 6.45) is 1.62. The van der Waals surface area contributed by atoms with Crippen molar-refractivity contribution in [2.75, 3.05) is 5.32 Å². The molecule has 0 atom stereocenters. The van der Waals surface area contributed by atoms with Crippen LogP contribution >= 0.6 is 11.6 Å². The van der Waals surface area contributed by atoms with Gasteiger partial charge in [0, 0.05) is 16.6 Å². The van der Waals surface area contributed by atoms with Crippen molar-refractivity contribution in [2.24, 2.45) is 0 Å². The van der Waals surface area contributed by atoms with Crippen LogP contribution in [0.15, 0.2) is 48.7 Å². The normalized spacial score (nSPS) is 10.6. The maximum absolute atomic E-state index is 13.1. The lowest BCUT2D eigenvalue weighted by Gasteiger charge is -2.08. The third-order valence-corrected chi connectivity index (χ3v) is 3.08. The molecule has 6 heteroatoms. The van der Waals surface area contributed by atoms with E-state index in [0.29, 0.717) is 16.2 Å². The second-order valence-electron chi connectivity index (χ2n) is 4.33.